The molecular formula is C8H16Na2O2. The van der Waals surface area contributed by atoms with E-state index in [1.54, 1.807) is 0 Å². The minimum Gasteiger partial charge on any atom is -1.00 e. The molecule has 0 aromatic carbocycles. The van der Waals surface area contributed by atoms with Gasteiger partial charge in [0, 0.05) is 5.97 Å². The van der Waals surface area contributed by atoms with Gasteiger partial charge in [-0.05, 0) is 18.8 Å². The molecule has 0 amide bonds. The van der Waals surface area contributed by atoms with E-state index in [2.05, 4.69) is 0 Å². The van der Waals surface area contributed by atoms with E-state index >= 15 is 0 Å². The molecule has 0 unspecified atom stereocenters. The average Bonchev–Trinajstić information content (AvgIpc) is 1.87. The Morgan fingerprint density at radius 2 is 1.58 bits per heavy atom. The van der Waals surface area contributed by atoms with Crippen molar-refractivity contribution in [2.24, 2.45) is 5.92 Å². The molecule has 0 heterocycles. The molecule has 0 N–H and O–H groups in total. The van der Waals surface area contributed by atoms with Gasteiger partial charge in [0.25, 0.3) is 0 Å². The zero-order valence-electron chi connectivity index (χ0n) is 9.72. The summed E-state index contributed by atoms with van der Waals surface area (Å²) in [5.41, 5.74) is 0. The SMILES string of the molecule is CCCC(CCC)C(=O)[O-].[H-].[Na+].[Na+]. The molecule has 0 saturated heterocycles. The molecule has 0 fully saturated rings. The molecule has 0 radical (unpaired) electrons. The van der Waals surface area contributed by atoms with Crippen molar-refractivity contribution in [2.45, 2.75) is 39.5 Å². The van der Waals surface area contributed by atoms with Gasteiger partial charge in [-0.1, -0.05) is 26.7 Å². The van der Waals surface area contributed by atoms with E-state index in [0.717, 1.165) is 25.7 Å². The number of carboxylic acid groups (broad SMARTS) is 1. The Morgan fingerprint density at radius 1 is 1.25 bits per heavy atom. The number of hydrogen-bond acceptors (Lipinski definition) is 2. The van der Waals surface area contributed by atoms with Crippen LogP contribution in [0.25, 0.3) is 0 Å². The fraction of sp³-hybridized carbons (Fsp3) is 0.875. The Bertz CT molecular complexity index is 106. The van der Waals surface area contributed by atoms with Gasteiger partial charge in [-0.15, -0.1) is 0 Å². The number of hydrogen-bond donors (Lipinski definition) is 0. The van der Waals surface area contributed by atoms with Gasteiger partial charge in [0.05, 0.1) is 0 Å². The maximum absolute atomic E-state index is 10.4. The maximum atomic E-state index is 10.4. The van der Waals surface area contributed by atoms with Gasteiger partial charge >= 0.3 is 59.1 Å². The van der Waals surface area contributed by atoms with Crippen molar-refractivity contribution >= 4 is 5.97 Å². The van der Waals surface area contributed by atoms with E-state index in [4.69, 9.17) is 0 Å². The summed E-state index contributed by atoms with van der Waals surface area (Å²) in [4.78, 5) is 10.4. The van der Waals surface area contributed by atoms with E-state index in [-0.39, 0.29) is 66.5 Å². The van der Waals surface area contributed by atoms with Crippen LogP contribution in [0.5, 0.6) is 0 Å². The molecule has 0 bridgehead atoms. The predicted octanol–water partition coefficient (Wildman–Crippen LogP) is -4.93. The second kappa shape index (κ2) is 12.5. The number of carbonyl (C=O) groups is 1. The predicted molar refractivity (Wildman–Crippen MR) is 39.4 cm³/mol. The van der Waals surface area contributed by atoms with E-state index < -0.39 is 5.97 Å². The Labute approximate surface area is 121 Å². The first-order valence-electron chi connectivity index (χ1n) is 3.93. The molecule has 0 atom stereocenters. The first kappa shape index (κ1) is 19.1. The standard InChI is InChI=1S/C8H16O2.2Na.H/c1-3-5-7(6-4-2)8(9)10;;;/h7H,3-6H2,1-2H3,(H,9,10);;;/q;2*+1;-1/p-1. The Morgan fingerprint density at radius 3 is 1.75 bits per heavy atom. The normalized spacial score (nSPS) is 8.58. The summed E-state index contributed by atoms with van der Waals surface area (Å²) in [6.45, 7) is 3.98. The van der Waals surface area contributed by atoms with E-state index in [0.29, 0.717) is 0 Å². The molecule has 2 nitrogen and oxygen atoms in total. The van der Waals surface area contributed by atoms with Crippen molar-refractivity contribution in [1.29, 1.82) is 0 Å². The minimum absolute atomic E-state index is 0. The van der Waals surface area contributed by atoms with Gasteiger partial charge in [-0.25, -0.2) is 0 Å². The number of aliphatic carboxylic acids is 1. The smallest absolute Gasteiger partial charge is 1.00 e. The van der Waals surface area contributed by atoms with Crippen LogP contribution in [0.1, 0.15) is 41.0 Å². The summed E-state index contributed by atoms with van der Waals surface area (Å²) >= 11 is 0. The van der Waals surface area contributed by atoms with Crippen molar-refractivity contribution in [2.75, 3.05) is 0 Å². The monoisotopic (exact) mass is 190 g/mol. The molecule has 62 valence electrons. The summed E-state index contributed by atoms with van der Waals surface area (Å²) in [6, 6.07) is 0. The number of rotatable bonds is 5. The zero-order chi connectivity index (χ0) is 7.98. The van der Waals surface area contributed by atoms with Crippen LogP contribution in [0, 0.1) is 5.92 Å². The van der Waals surface area contributed by atoms with Gasteiger partial charge in [-0.3, -0.25) is 0 Å². The van der Waals surface area contributed by atoms with Gasteiger partial charge < -0.3 is 11.3 Å². The summed E-state index contributed by atoms with van der Waals surface area (Å²) < 4.78 is 0. The molecule has 4 heteroatoms. The van der Waals surface area contributed by atoms with Crippen molar-refractivity contribution in [1.82, 2.24) is 0 Å². The fourth-order valence-electron chi connectivity index (χ4n) is 1.08. The number of carbonyl (C=O) groups excluding carboxylic acids is 1. The van der Waals surface area contributed by atoms with Crippen LogP contribution < -0.4 is 64.2 Å². The summed E-state index contributed by atoms with van der Waals surface area (Å²) in [5.74, 6) is -1.10. The van der Waals surface area contributed by atoms with Crippen LogP contribution in [0.15, 0.2) is 0 Å². The van der Waals surface area contributed by atoms with Crippen LogP contribution >= 0.6 is 0 Å². The summed E-state index contributed by atoms with van der Waals surface area (Å²) in [6.07, 6.45) is 3.38. The maximum Gasteiger partial charge on any atom is 1.00 e. The van der Waals surface area contributed by atoms with Crippen LogP contribution in [-0.4, -0.2) is 5.97 Å². The van der Waals surface area contributed by atoms with Crippen molar-refractivity contribution in [3.8, 4) is 0 Å². The second-order valence-electron chi connectivity index (χ2n) is 2.59. The summed E-state index contributed by atoms with van der Waals surface area (Å²) in [5, 5.41) is 10.4. The first-order chi connectivity index (χ1) is 4.72. The Kier molecular flexibility index (Phi) is 19.9. The van der Waals surface area contributed by atoms with E-state index in [1.165, 1.54) is 0 Å². The van der Waals surface area contributed by atoms with Crippen LogP contribution in [0.3, 0.4) is 0 Å². The molecular weight excluding hydrogens is 174 g/mol. The molecule has 12 heavy (non-hydrogen) atoms. The zero-order valence-corrected chi connectivity index (χ0v) is 12.7. The van der Waals surface area contributed by atoms with Gasteiger partial charge in [0.1, 0.15) is 0 Å². The largest absolute Gasteiger partial charge is 1.00 e. The summed E-state index contributed by atoms with van der Waals surface area (Å²) in [7, 11) is 0. The molecule has 0 aliphatic heterocycles. The van der Waals surface area contributed by atoms with Crippen LogP contribution in [0.2, 0.25) is 0 Å². The molecule has 0 spiro atoms. The van der Waals surface area contributed by atoms with Crippen molar-refractivity contribution < 1.29 is 70.4 Å². The van der Waals surface area contributed by atoms with Gasteiger partial charge in [0.2, 0.25) is 0 Å². The molecule has 0 aliphatic carbocycles. The molecule has 0 aromatic rings. The third-order valence-electron chi connectivity index (χ3n) is 1.61. The van der Waals surface area contributed by atoms with Crippen LogP contribution in [0.4, 0.5) is 0 Å². The molecule has 0 aliphatic rings. The minimum atomic E-state index is -0.885. The molecule has 0 rings (SSSR count). The van der Waals surface area contributed by atoms with Crippen molar-refractivity contribution in [3.05, 3.63) is 0 Å². The Balaban J connectivity index is -0.000000135. The van der Waals surface area contributed by atoms with E-state index in [1.807, 2.05) is 13.8 Å². The van der Waals surface area contributed by atoms with E-state index in [9.17, 15) is 9.90 Å². The Hall–Kier alpha value is 1.47. The van der Waals surface area contributed by atoms with Crippen molar-refractivity contribution in [3.63, 3.8) is 0 Å². The molecule has 0 saturated carbocycles. The third kappa shape index (κ3) is 9.56. The quantitative estimate of drug-likeness (QED) is 0.408. The topological polar surface area (TPSA) is 40.1 Å². The van der Waals surface area contributed by atoms with Gasteiger partial charge in [-0.2, -0.15) is 0 Å². The first-order valence-corrected chi connectivity index (χ1v) is 3.93. The molecule has 0 aromatic heterocycles. The average molecular weight is 190 g/mol. The fourth-order valence-corrected chi connectivity index (χ4v) is 1.08. The number of carboxylic acids is 1. The van der Waals surface area contributed by atoms with Gasteiger partial charge in [0.15, 0.2) is 0 Å². The third-order valence-corrected chi connectivity index (χ3v) is 1.61. The van der Waals surface area contributed by atoms with Crippen LogP contribution in [-0.2, 0) is 4.79 Å². The second-order valence-corrected chi connectivity index (χ2v) is 2.59.